The van der Waals surface area contributed by atoms with Gasteiger partial charge in [0, 0.05) is 80.8 Å². The Hall–Kier alpha value is -5.01. The van der Waals surface area contributed by atoms with Crippen LogP contribution in [0.15, 0.2) is 41.3 Å². The highest BCUT2D eigenvalue weighted by atomic mass is 19.4. The first-order valence-electron chi connectivity index (χ1n) is 20.2. The summed E-state index contributed by atoms with van der Waals surface area (Å²) < 4.78 is 56.5. The molecule has 4 unspecified atom stereocenters. The monoisotopic (exact) mass is 807 g/mol. The molecule has 3 amide bonds. The molecule has 3 fully saturated rings. The number of rotatable bonds is 12. The van der Waals surface area contributed by atoms with Gasteiger partial charge in [0.2, 0.25) is 17.7 Å². The molecule has 1 aromatic heterocycles. The van der Waals surface area contributed by atoms with Crippen molar-refractivity contribution < 1.29 is 37.0 Å². The fourth-order valence-electron chi connectivity index (χ4n) is 9.20. The normalized spacial score (nSPS) is 21.5. The van der Waals surface area contributed by atoms with Crippen LogP contribution in [0.3, 0.4) is 0 Å². The smallest absolute Gasteiger partial charge is 0.418 e. The molecule has 6 rings (SSSR count). The molecule has 0 radical (unpaired) electrons. The van der Waals surface area contributed by atoms with Gasteiger partial charge in [-0.2, -0.15) is 13.2 Å². The Morgan fingerprint density at radius 3 is 2.26 bits per heavy atom. The summed E-state index contributed by atoms with van der Waals surface area (Å²) in [6.07, 6.45) is 1.81. The lowest BCUT2D eigenvalue weighted by molar-refractivity contribution is -0.137. The van der Waals surface area contributed by atoms with Crippen molar-refractivity contribution in [1.82, 2.24) is 14.8 Å². The molecule has 2 aliphatic heterocycles. The number of carbonyl (C=O) groups is 3. The summed E-state index contributed by atoms with van der Waals surface area (Å²) in [5.74, 6) is 1.55. The zero-order valence-electron chi connectivity index (χ0n) is 34.6. The van der Waals surface area contributed by atoms with Crippen LogP contribution in [0.4, 0.5) is 24.5 Å². The lowest BCUT2D eigenvalue weighted by Crippen LogP contribution is -2.47. The first-order valence-corrected chi connectivity index (χ1v) is 20.2. The van der Waals surface area contributed by atoms with E-state index in [1.54, 1.807) is 30.7 Å². The average Bonchev–Trinajstić information content (AvgIpc) is 3.53. The predicted octanol–water partition coefficient (Wildman–Crippen LogP) is 6.89. The molecule has 314 valence electrons. The van der Waals surface area contributed by atoms with Crippen molar-refractivity contribution in [2.45, 2.75) is 84.4 Å². The van der Waals surface area contributed by atoms with Gasteiger partial charge in [-0.3, -0.25) is 24.5 Å². The Kier molecular flexibility index (Phi) is 12.8. The van der Waals surface area contributed by atoms with Gasteiger partial charge in [0.1, 0.15) is 17.5 Å². The number of carbonyl (C=O) groups excluding carboxylic acids is 3. The number of imide groups is 1. The number of alkyl halides is 3. The van der Waals surface area contributed by atoms with Gasteiger partial charge in [-0.05, 0) is 111 Å². The molecule has 11 nitrogen and oxygen atoms in total. The van der Waals surface area contributed by atoms with Crippen molar-refractivity contribution in [2.75, 3.05) is 51.1 Å². The maximum absolute atomic E-state index is 14.3. The van der Waals surface area contributed by atoms with Gasteiger partial charge < -0.3 is 29.2 Å². The zero-order valence-corrected chi connectivity index (χ0v) is 34.6. The van der Waals surface area contributed by atoms with E-state index < -0.39 is 29.6 Å². The molecule has 2 aromatic carbocycles. The highest BCUT2D eigenvalue weighted by Gasteiger charge is 2.38. The third-order valence-corrected chi connectivity index (χ3v) is 12.9. The maximum atomic E-state index is 14.3. The summed E-state index contributed by atoms with van der Waals surface area (Å²) in [5.41, 5.74) is 3.83. The number of hydrogen-bond donors (Lipinski definition) is 2. The van der Waals surface area contributed by atoms with E-state index in [1.807, 2.05) is 44.1 Å². The number of ether oxygens (including phenoxy) is 2. The molecule has 0 bridgehead atoms. The molecule has 2 saturated heterocycles. The Morgan fingerprint density at radius 1 is 0.966 bits per heavy atom. The van der Waals surface area contributed by atoms with E-state index in [2.05, 4.69) is 17.6 Å². The number of nitrogens with one attached hydrogen (secondary N) is 2. The van der Waals surface area contributed by atoms with Crippen molar-refractivity contribution in [3.05, 3.63) is 69.1 Å². The number of nitrogens with zero attached hydrogens (tertiary/aromatic N) is 3. The summed E-state index contributed by atoms with van der Waals surface area (Å²) in [5, 5.41) is 5.07. The van der Waals surface area contributed by atoms with E-state index >= 15 is 0 Å². The van der Waals surface area contributed by atoms with Gasteiger partial charge in [0.25, 0.3) is 5.56 Å². The number of methoxy groups -OCH3 is 2. The first kappa shape index (κ1) is 42.6. The molecule has 1 saturated carbocycles. The highest BCUT2D eigenvalue weighted by Crippen LogP contribution is 2.45. The minimum Gasteiger partial charge on any atom is -0.496 e. The van der Waals surface area contributed by atoms with Gasteiger partial charge in [-0.1, -0.05) is 13.3 Å². The summed E-state index contributed by atoms with van der Waals surface area (Å²) in [6.45, 7) is 7.43. The van der Waals surface area contributed by atoms with E-state index in [4.69, 9.17) is 9.47 Å². The molecule has 58 heavy (non-hydrogen) atoms. The van der Waals surface area contributed by atoms with Gasteiger partial charge in [-0.25, -0.2) is 0 Å². The molecular formula is C44H56F3N5O6. The van der Waals surface area contributed by atoms with Crippen molar-refractivity contribution in [3.8, 4) is 22.6 Å². The number of amides is 3. The number of benzene rings is 2. The number of halogens is 3. The zero-order chi connectivity index (χ0) is 42.1. The van der Waals surface area contributed by atoms with E-state index in [1.165, 1.54) is 12.1 Å². The van der Waals surface area contributed by atoms with Crippen molar-refractivity contribution in [1.29, 1.82) is 0 Å². The number of pyridine rings is 1. The van der Waals surface area contributed by atoms with Gasteiger partial charge >= 0.3 is 6.18 Å². The number of anilines is 2. The standard InChI is InChI=1S/C44H56F3N5O6/c1-25-8-9-29(32(25)22-33-38(57-6)19-30(20-39(33)58-7)34-24-51(5)43(56)27(3)26(34)2)23-50(4)41(54)18-28-14-16-52(17-15-28)37-12-10-31(21-35(37)44(45,46)47)48-36-11-13-40(53)49-42(36)55/h10,12,19-21,24-25,28-29,32,36,48H,8-9,11,13-18,22-23H2,1-7H3,(H,49,53,55). The third kappa shape index (κ3) is 9.15. The van der Waals surface area contributed by atoms with Crippen LogP contribution in [0.1, 0.15) is 74.1 Å². The fraction of sp³-hybridized carbons (Fsp3) is 0.545. The average molecular weight is 808 g/mol. The second kappa shape index (κ2) is 17.5. The van der Waals surface area contributed by atoms with Crippen LogP contribution in [0, 0.1) is 37.5 Å². The molecule has 3 aromatic rings. The number of piperidine rings is 2. The van der Waals surface area contributed by atoms with Crippen molar-refractivity contribution in [2.24, 2.45) is 30.7 Å². The summed E-state index contributed by atoms with van der Waals surface area (Å²) in [4.78, 5) is 53.4. The third-order valence-electron chi connectivity index (χ3n) is 12.9. The van der Waals surface area contributed by atoms with Crippen LogP contribution in [-0.4, -0.2) is 74.1 Å². The second-order valence-corrected chi connectivity index (χ2v) is 16.5. The number of aromatic nitrogens is 1. The summed E-state index contributed by atoms with van der Waals surface area (Å²) in [7, 11) is 6.91. The lowest BCUT2D eigenvalue weighted by atomic mass is 9.83. The first-order chi connectivity index (χ1) is 27.5. The largest absolute Gasteiger partial charge is 0.496 e. The van der Waals surface area contributed by atoms with Crippen LogP contribution in [0.25, 0.3) is 11.1 Å². The number of aryl methyl sites for hydroxylation is 1. The Labute approximate surface area is 338 Å². The van der Waals surface area contributed by atoms with E-state index in [0.29, 0.717) is 50.4 Å². The summed E-state index contributed by atoms with van der Waals surface area (Å²) in [6, 6.07) is 7.23. The molecular weight excluding hydrogens is 752 g/mol. The minimum absolute atomic E-state index is 0.0304. The molecule has 1 aliphatic carbocycles. The predicted molar refractivity (Wildman–Crippen MR) is 217 cm³/mol. The second-order valence-electron chi connectivity index (χ2n) is 16.5. The van der Waals surface area contributed by atoms with Crippen LogP contribution >= 0.6 is 0 Å². The molecule has 4 atom stereocenters. The van der Waals surface area contributed by atoms with Crippen molar-refractivity contribution >= 4 is 29.1 Å². The SMILES string of the molecule is COc1cc(-c2cn(C)c(=O)c(C)c2C)cc(OC)c1CC1C(C)CCC1CN(C)C(=O)CC1CCN(c2ccc(NC3CCC(=O)NC3=O)cc2C(F)(F)F)CC1. The highest BCUT2D eigenvalue weighted by molar-refractivity contribution is 6.01. The topological polar surface area (TPSA) is 122 Å². The van der Waals surface area contributed by atoms with Gasteiger partial charge in [0.15, 0.2) is 0 Å². The van der Waals surface area contributed by atoms with E-state index in [0.717, 1.165) is 59.1 Å². The maximum Gasteiger partial charge on any atom is 0.418 e. The van der Waals surface area contributed by atoms with Crippen LogP contribution in [0.2, 0.25) is 0 Å². The Bertz CT molecular complexity index is 2070. The minimum atomic E-state index is -4.62. The van der Waals surface area contributed by atoms with Crippen LogP contribution < -0.4 is 30.6 Å². The Morgan fingerprint density at radius 2 is 1.64 bits per heavy atom. The summed E-state index contributed by atoms with van der Waals surface area (Å²) >= 11 is 0. The molecule has 3 heterocycles. The molecule has 0 spiro atoms. The van der Waals surface area contributed by atoms with Crippen molar-refractivity contribution in [3.63, 3.8) is 0 Å². The quantitative estimate of drug-likeness (QED) is 0.190. The Balaban J connectivity index is 1.08. The molecule has 2 N–H and O–H groups in total. The fourth-order valence-corrected chi connectivity index (χ4v) is 9.20. The van der Waals surface area contributed by atoms with Crippen LogP contribution in [-0.2, 0) is 34.0 Å². The van der Waals surface area contributed by atoms with Gasteiger partial charge in [0.05, 0.1) is 19.8 Å². The van der Waals surface area contributed by atoms with E-state index in [-0.39, 0.29) is 53.4 Å². The lowest BCUT2D eigenvalue weighted by Gasteiger charge is -2.36. The van der Waals surface area contributed by atoms with Gasteiger partial charge in [-0.15, -0.1) is 0 Å². The molecule has 14 heteroatoms. The molecule has 3 aliphatic rings. The van der Waals surface area contributed by atoms with E-state index in [9.17, 15) is 32.3 Å². The van der Waals surface area contributed by atoms with Crippen LogP contribution in [0.5, 0.6) is 11.5 Å². The number of hydrogen-bond acceptors (Lipinski definition) is 8.